The van der Waals surface area contributed by atoms with Crippen molar-refractivity contribution >= 4 is 9.84 Å². The second-order valence-electron chi connectivity index (χ2n) is 6.29. The predicted octanol–water partition coefficient (Wildman–Crippen LogP) is 2.38. The molecule has 0 heterocycles. The highest BCUT2D eigenvalue weighted by atomic mass is 32.2. The Morgan fingerprint density at radius 1 is 1.35 bits per heavy atom. The van der Waals surface area contributed by atoms with Crippen molar-refractivity contribution < 1.29 is 13.2 Å². The van der Waals surface area contributed by atoms with Crippen molar-refractivity contribution in [2.75, 3.05) is 25.7 Å². The van der Waals surface area contributed by atoms with Gasteiger partial charge in [-0.2, -0.15) is 0 Å². The lowest BCUT2D eigenvalue weighted by atomic mass is 9.74. The van der Waals surface area contributed by atoms with Crippen LogP contribution >= 0.6 is 0 Å². The number of rotatable bonds is 8. The molecule has 0 aromatic heterocycles. The maximum Gasteiger partial charge on any atom is 0.147 e. The number of likely N-dealkylation sites (N-methyl/N-ethyl adjacent to an activating group) is 1. The van der Waals surface area contributed by atoms with E-state index in [-0.39, 0.29) is 17.4 Å². The molecule has 0 radical (unpaired) electrons. The molecule has 0 saturated heterocycles. The third-order valence-electron chi connectivity index (χ3n) is 4.54. The van der Waals surface area contributed by atoms with Crippen molar-refractivity contribution in [3.63, 3.8) is 0 Å². The third-order valence-corrected chi connectivity index (χ3v) is 5.57. The Bertz CT molecular complexity index is 373. The van der Waals surface area contributed by atoms with E-state index in [4.69, 9.17) is 4.74 Å². The summed E-state index contributed by atoms with van der Waals surface area (Å²) in [4.78, 5) is 0. The van der Waals surface area contributed by atoms with Crippen molar-refractivity contribution in [2.24, 2.45) is 5.92 Å². The highest BCUT2D eigenvalue weighted by molar-refractivity contribution is 7.90. The topological polar surface area (TPSA) is 55.4 Å². The van der Waals surface area contributed by atoms with Crippen LogP contribution in [0.15, 0.2) is 0 Å². The lowest BCUT2D eigenvalue weighted by Gasteiger charge is -2.45. The van der Waals surface area contributed by atoms with E-state index in [9.17, 15) is 8.42 Å². The minimum Gasteiger partial charge on any atom is -0.374 e. The van der Waals surface area contributed by atoms with Gasteiger partial charge >= 0.3 is 0 Å². The number of ether oxygens (including phenoxy) is 1. The van der Waals surface area contributed by atoms with Crippen LogP contribution in [0.2, 0.25) is 0 Å². The minimum atomic E-state index is -2.87. The van der Waals surface area contributed by atoms with Crippen molar-refractivity contribution in [1.29, 1.82) is 0 Å². The van der Waals surface area contributed by atoms with Crippen LogP contribution in [0.25, 0.3) is 0 Å². The van der Waals surface area contributed by atoms with E-state index in [2.05, 4.69) is 12.2 Å². The number of hydrogen-bond acceptors (Lipinski definition) is 4. The molecule has 1 rings (SSSR count). The summed E-state index contributed by atoms with van der Waals surface area (Å²) in [6.07, 6.45) is 7.42. The molecule has 0 aromatic rings. The van der Waals surface area contributed by atoms with E-state index in [1.54, 1.807) is 0 Å². The highest BCUT2D eigenvalue weighted by Crippen LogP contribution is 2.38. The van der Waals surface area contributed by atoms with Crippen LogP contribution in [0, 0.1) is 5.92 Å². The largest absolute Gasteiger partial charge is 0.374 e. The summed E-state index contributed by atoms with van der Waals surface area (Å²) in [5.74, 6) is 1.04. The van der Waals surface area contributed by atoms with Crippen LogP contribution in [0.4, 0.5) is 0 Å². The molecular formula is C15H31NO3S. The number of sulfone groups is 1. The van der Waals surface area contributed by atoms with Crippen molar-refractivity contribution in [3.8, 4) is 0 Å². The van der Waals surface area contributed by atoms with Gasteiger partial charge in [-0.1, -0.05) is 6.92 Å². The maximum absolute atomic E-state index is 11.3. The van der Waals surface area contributed by atoms with Crippen molar-refractivity contribution in [1.82, 2.24) is 5.32 Å². The van der Waals surface area contributed by atoms with E-state index >= 15 is 0 Å². The van der Waals surface area contributed by atoms with Gasteiger partial charge in [-0.3, -0.25) is 0 Å². The van der Waals surface area contributed by atoms with E-state index in [0.717, 1.165) is 31.8 Å². The zero-order chi connectivity index (χ0) is 15.2. The molecule has 1 aliphatic carbocycles. The summed E-state index contributed by atoms with van der Waals surface area (Å²) in [5, 5.41) is 3.38. The Hall–Kier alpha value is -0.130. The van der Waals surface area contributed by atoms with E-state index in [1.807, 2.05) is 14.0 Å². The zero-order valence-corrected chi connectivity index (χ0v) is 14.3. The Morgan fingerprint density at radius 3 is 2.40 bits per heavy atom. The third kappa shape index (κ3) is 5.34. The lowest BCUT2D eigenvalue weighted by Crippen LogP contribution is -2.53. The van der Waals surface area contributed by atoms with Crippen molar-refractivity contribution in [3.05, 3.63) is 0 Å². The standard InChI is InChI=1S/C15H31NO3S/c1-5-19-15(10-8-13(2)9-11-15)14(16-3)7-6-12-20(4,17)18/h13-14,16H,5-12H2,1-4H3. The summed E-state index contributed by atoms with van der Waals surface area (Å²) in [5.41, 5.74) is -0.104. The Labute approximate surface area is 124 Å². The van der Waals surface area contributed by atoms with E-state index in [0.29, 0.717) is 6.42 Å². The maximum atomic E-state index is 11.3. The SMILES string of the molecule is CCOC1(C(CCCS(C)(=O)=O)NC)CCC(C)CC1. The molecule has 120 valence electrons. The molecular weight excluding hydrogens is 274 g/mol. The van der Waals surface area contributed by atoms with Gasteiger partial charge in [0.05, 0.1) is 5.60 Å². The van der Waals surface area contributed by atoms with Crippen LogP contribution in [0.5, 0.6) is 0 Å². The molecule has 0 aromatic carbocycles. The van der Waals surface area contributed by atoms with Gasteiger partial charge in [0.15, 0.2) is 0 Å². The first kappa shape index (κ1) is 17.9. The van der Waals surface area contributed by atoms with Crippen LogP contribution in [-0.2, 0) is 14.6 Å². The van der Waals surface area contributed by atoms with Gasteiger partial charge in [0.1, 0.15) is 9.84 Å². The van der Waals surface area contributed by atoms with Gasteiger partial charge in [-0.05, 0) is 58.4 Å². The molecule has 0 aliphatic heterocycles. The Morgan fingerprint density at radius 2 is 1.95 bits per heavy atom. The first-order valence-corrected chi connectivity index (χ1v) is 9.88. The van der Waals surface area contributed by atoms with Gasteiger partial charge in [0, 0.05) is 24.7 Å². The normalized spacial score (nSPS) is 29.3. The summed E-state index contributed by atoms with van der Waals surface area (Å²) in [6.45, 7) is 5.07. The molecule has 0 amide bonds. The van der Waals surface area contributed by atoms with E-state index < -0.39 is 9.84 Å². The molecule has 1 aliphatic rings. The van der Waals surface area contributed by atoms with Gasteiger partial charge in [-0.25, -0.2) is 8.42 Å². The summed E-state index contributed by atoms with van der Waals surface area (Å²) in [7, 11) is -0.906. The second-order valence-corrected chi connectivity index (χ2v) is 8.55. The Balaban J connectivity index is 2.66. The van der Waals surface area contributed by atoms with Gasteiger partial charge in [0.2, 0.25) is 0 Å². The van der Waals surface area contributed by atoms with Crippen LogP contribution in [0.1, 0.15) is 52.4 Å². The lowest BCUT2D eigenvalue weighted by molar-refractivity contribution is -0.0964. The number of hydrogen-bond donors (Lipinski definition) is 1. The van der Waals surface area contributed by atoms with Crippen LogP contribution in [0.3, 0.4) is 0 Å². The minimum absolute atomic E-state index is 0.104. The fourth-order valence-corrected chi connectivity index (χ4v) is 4.04. The Kier molecular flexibility index (Phi) is 6.95. The quantitative estimate of drug-likeness (QED) is 0.748. The molecule has 0 bridgehead atoms. The second kappa shape index (κ2) is 7.76. The van der Waals surface area contributed by atoms with E-state index in [1.165, 1.54) is 19.1 Å². The fraction of sp³-hybridized carbons (Fsp3) is 1.00. The molecule has 5 heteroatoms. The van der Waals surface area contributed by atoms with Gasteiger partial charge in [-0.15, -0.1) is 0 Å². The van der Waals surface area contributed by atoms with Crippen molar-refractivity contribution in [2.45, 2.75) is 64.0 Å². The molecule has 4 nitrogen and oxygen atoms in total. The average Bonchev–Trinajstić information content (AvgIpc) is 2.37. The molecule has 1 unspecified atom stereocenters. The zero-order valence-electron chi connectivity index (χ0n) is 13.4. The van der Waals surface area contributed by atoms with Gasteiger partial charge in [0.25, 0.3) is 0 Å². The predicted molar refractivity (Wildman–Crippen MR) is 83.8 cm³/mol. The first-order chi connectivity index (χ1) is 9.33. The molecule has 1 saturated carbocycles. The molecule has 1 atom stereocenters. The summed E-state index contributed by atoms with van der Waals surface area (Å²) < 4.78 is 28.7. The van der Waals surface area contributed by atoms with Crippen LogP contribution < -0.4 is 5.32 Å². The fourth-order valence-electron chi connectivity index (χ4n) is 3.35. The van der Waals surface area contributed by atoms with Crippen LogP contribution in [-0.4, -0.2) is 45.7 Å². The van der Waals surface area contributed by atoms with Gasteiger partial charge < -0.3 is 10.1 Å². The summed E-state index contributed by atoms with van der Waals surface area (Å²) in [6, 6.07) is 0.247. The molecule has 1 fully saturated rings. The highest BCUT2D eigenvalue weighted by Gasteiger charge is 2.41. The molecule has 1 N–H and O–H groups in total. The molecule has 0 spiro atoms. The number of nitrogens with one attached hydrogen (secondary N) is 1. The summed E-state index contributed by atoms with van der Waals surface area (Å²) >= 11 is 0. The first-order valence-electron chi connectivity index (χ1n) is 7.82. The monoisotopic (exact) mass is 305 g/mol. The average molecular weight is 305 g/mol. The smallest absolute Gasteiger partial charge is 0.147 e. The molecule has 20 heavy (non-hydrogen) atoms.